The van der Waals surface area contributed by atoms with Gasteiger partial charge in [-0.1, -0.05) is 0 Å². The van der Waals surface area contributed by atoms with Crippen molar-refractivity contribution >= 4 is 12.4 Å². The van der Waals surface area contributed by atoms with Gasteiger partial charge in [-0.15, -0.1) is 12.4 Å². The molecule has 1 rings (SSSR count). The maximum Gasteiger partial charge on any atom is 0.0925 e. The molecule has 0 radical (unpaired) electrons. The average molecular weight is 149 g/mol. The number of nitrogens with one attached hydrogen (secondary N) is 1. The number of aliphatic hydroxyl groups is 1. The van der Waals surface area contributed by atoms with Gasteiger partial charge in [0.25, 0.3) is 0 Å². The molecule has 0 bridgehead atoms. The number of aromatic nitrogens is 2. The third kappa shape index (κ3) is 2.03. The average Bonchev–Trinajstić information content (AvgIpc) is 2.12. The summed E-state index contributed by atoms with van der Waals surface area (Å²) in [6.45, 7) is 1.69. The van der Waals surface area contributed by atoms with Crippen LogP contribution in [-0.4, -0.2) is 15.1 Å². The van der Waals surface area contributed by atoms with Crippen molar-refractivity contribution in [1.29, 1.82) is 0 Å². The molecule has 0 spiro atoms. The Labute approximate surface area is 59.5 Å². The molecular formula is C5H9ClN2O. The van der Waals surface area contributed by atoms with E-state index in [0.29, 0.717) is 0 Å². The molecule has 9 heavy (non-hydrogen) atoms. The van der Waals surface area contributed by atoms with Crippen LogP contribution >= 0.6 is 12.4 Å². The van der Waals surface area contributed by atoms with Gasteiger partial charge in [-0.05, 0) is 6.92 Å². The van der Waals surface area contributed by atoms with Gasteiger partial charge in [0.2, 0.25) is 0 Å². The maximum atomic E-state index is 8.84. The number of halogens is 1. The zero-order chi connectivity index (χ0) is 5.98. The number of H-pyrrole nitrogens is 1. The Kier molecular flexibility index (Phi) is 3.27. The molecule has 0 fully saturated rings. The smallest absolute Gasteiger partial charge is 0.0925 e. The van der Waals surface area contributed by atoms with E-state index in [4.69, 9.17) is 5.11 Å². The minimum atomic E-state index is -0.433. The van der Waals surface area contributed by atoms with E-state index in [0.717, 1.165) is 5.69 Å². The van der Waals surface area contributed by atoms with Crippen LogP contribution in [0.5, 0.6) is 0 Å². The standard InChI is InChI=1S/C5H8N2O.ClH/c1-4(8)5-2-6-3-7-5;/h2-4,8H,1H3,(H,6,7);1H/t4-;/m1./s1. The summed E-state index contributed by atoms with van der Waals surface area (Å²) in [5, 5.41) is 8.84. The first-order valence-electron chi connectivity index (χ1n) is 2.47. The SMILES string of the molecule is C[C@@H](O)c1cnc[nH]1.Cl. The summed E-state index contributed by atoms with van der Waals surface area (Å²) < 4.78 is 0. The van der Waals surface area contributed by atoms with Crippen molar-refractivity contribution in [3.8, 4) is 0 Å². The van der Waals surface area contributed by atoms with E-state index < -0.39 is 6.10 Å². The highest BCUT2D eigenvalue weighted by Crippen LogP contribution is 2.04. The Morgan fingerprint density at radius 3 is 2.67 bits per heavy atom. The molecule has 4 heteroatoms. The lowest BCUT2D eigenvalue weighted by Crippen LogP contribution is -1.88. The van der Waals surface area contributed by atoms with E-state index in [2.05, 4.69) is 9.97 Å². The molecule has 0 saturated heterocycles. The normalized spacial score (nSPS) is 12.2. The summed E-state index contributed by atoms with van der Waals surface area (Å²) in [6.07, 6.45) is 2.71. The minimum absolute atomic E-state index is 0. The fraction of sp³-hybridized carbons (Fsp3) is 0.400. The van der Waals surface area contributed by atoms with Crippen molar-refractivity contribution in [3.05, 3.63) is 18.2 Å². The summed E-state index contributed by atoms with van der Waals surface area (Å²) in [4.78, 5) is 6.50. The zero-order valence-electron chi connectivity index (χ0n) is 5.03. The molecule has 0 amide bonds. The molecule has 2 N–H and O–H groups in total. The van der Waals surface area contributed by atoms with E-state index >= 15 is 0 Å². The van der Waals surface area contributed by atoms with Gasteiger partial charge in [-0.2, -0.15) is 0 Å². The summed E-state index contributed by atoms with van der Waals surface area (Å²) in [5.74, 6) is 0. The molecule has 0 saturated carbocycles. The molecule has 1 aromatic rings. The number of nitrogens with zero attached hydrogens (tertiary/aromatic N) is 1. The van der Waals surface area contributed by atoms with Crippen molar-refractivity contribution in [2.45, 2.75) is 13.0 Å². The highest BCUT2D eigenvalue weighted by atomic mass is 35.5. The number of imidazole rings is 1. The maximum absolute atomic E-state index is 8.84. The van der Waals surface area contributed by atoms with Crippen LogP contribution in [0.4, 0.5) is 0 Å². The molecular weight excluding hydrogens is 140 g/mol. The lowest BCUT2D eigenvalue weighted by atomic mass is 10.3. The summed E-state index contributed by atoms with van der Waals surface area (Å²) in [6, 6.07) is 0. The van der Waals surface area contributed by atoms with E-state index in [1.165, 1.54) is 0 Å². The van der Waals surface area contributed by atoms with Crippen LogP contribution in [0.25, 0.3) is 0 Å². The molecule has 0 aliphatic rings. The van der Waals surface area contributed by atoms with Crippen LogP contribution in [0, 0.1) is 0 Å². The highest BCUT2D eigenvalue weighted by Gasteiger charge is 1.97. The number of hydrogen-bond acceptors (Lipinski definition) is 2. The third-order valence-electron chi connectivity index (χ3n) is 0.969. The van der Waals surface area contributed by atoms with Gasteiger partial charge in [0, 0.05) is 0 Å². The van der Waals surface area contributed by atoms with Crippen LogP contribution in [0.3, 0.4) is 0 Å². The Morgan fingerprint density at radius 2 is 2.44 bits per heavy atom. The van der Waals surface area contributed by atoms with Gasteiger partial charge in [-0.25, -0.2) is 4.98 Å². The molecule has 1 heterocycles. The van der Waals surface area contributed by atoms with E-state index in [-0.39, 0.29) is 12.4 Å². The lowest BCUT2D eigenvalue weighted by molar-refractivity contribution is 0.195. The predicted octanol–water partition coefficient (Wildman–Crippen LogP) is 0.885. The quantitative estimate of drug-likeness (QED) is 0.622. The Bertz CT molecular complexity index is 150. The van der Waals surface area contributed by atoms with Gasteiger partial charge in [-0.3, -0.25) is 0 Å². The molecule has 1 atom stereocenters. The summed E-state index contributed by atoms with van der Waals surface area (Å²) in [5.41, 5.74) is 0.755. The second kappa shape index (κ2) is 3.48. The number of aliphatic hydroxyl groups excluding tert-OH is 1. The van der Waals surface area contributed by atoms with Crippen LogP contribution in [0.1, 0.15) is 18.7 Å². The largest absolute Gasteiger partial charge is 0.387 e. The van der Waals surface area contributed by atoms with Gasteiger partial charge in [0.15, 0.2) is 0 Å². The Morgan fingerprint density at radius 1 is 1.78 bits per heavy atom. The van der Waals surface area contributed by atoms with Crippen molar-refractivity contribution in [2.24, 2.45) is 0 Å². The third-order valence-corrected chi connectivity index (χ3v) is 0.969. The first kappa shape index (κ1) is 8.46. The first-order valence-corrected chi connectivity index (χ1v) is 2.47. The van der Waals surface area contributed by atoms with Gasteiger partial charge in [0.1, 0.15) is 0 Å². The number of hydrogen-bond donors (Lipinski definition) is 2. The summed E-state index contributed by atoms with van der Waals surface area (Å²) in [7, 11) is 0. The zero-order valence-corrected chi connectivity index (χ0v) is 5.85. The second-order valence-electron chi connectivity index (χ2n) is 1.68. The molecule has 52 valence electrons. The van der Waals surface area contributed by atoms with Gasteiger partial charge >= 0.3 is 0 Å². The molecule has 0 aliphatic heterocycles. The van der Waals surface area contributed by atoms with Crippen LogP contribution in [-0.2, 0) is 0 Å². The van der Waals surface area contributed by atoms with Crippen molar-refractivity contribution in [2.75, 3.05) is 0 Å². The van der Waals surface area contributed by atoms with E-state index in [1.54, 1.807) is 19.4 Å². The molecule has 0 aliphatic carbocycles. The highest BCUT2D eigenvalue weighted by molar-refractivity contribution is 5.85. The van der Waals surface area contributed by atoms with Crippen molar-refractivity contribution in [3.63, 3.8) is 0 Å². The number of rotatable bonds is 1. The summed E-state index contributed by atoms with van der Waals surface area (Å²) >= 11 is 0. The van der Waals surface area contributed by atoms with Gasteiger partial charge < -0.3 is 10.1 Å². The fourth-order valence-electron chi connectivity index (χ4n) is 0.495. The minimum Gasteiger partial charge on any atom is -0.387 e. The molecule has 0 aromatic carbocycles. The van der Waals surface area contributed by atoms with Crippen LogP contribution in [0.15, 0.2) is 12.5 Å². The van der Waals surface area contributed by atoms with Crippen LogP contribution in [0.2, 0.25) is 0 Å². The number of aromatic amines is 1. The lowest BCUT2D eigenvalue weighted by Gasteiger charge is -1.95. The van der Waals surface area contributed by atoms with Crippen molar-refractivity contribution < 1.29 is 5.11 Å². The topological polar surface area (TPSA) is 48.9 Å². The van der Waals surface area contributed by atoms with E-state index in [9.17, 15) is 0 Å². The van der Waals surface area contributed by atoms with Crippen LogP contribution < -0.4 is 0 Å². The van der Waals surface area contributed by atoms with Crippen molar-refractivity contribution in [1.82, 2.24) is 9.97 Å². The monoisotopic (exact) mass is 148 g/mol. The second-order valence-corrected chi connectivity index (χ2v) is 1.68. The van der Waals surface area contributed by atoms with Gasteiger partial charge in [0.05, 0.1) is 24.3 Å². The first-order chi connectivity index (χ1) is 3.80. The Balaban J connectivity index is 0.000000640. The molecule has 3 nitrogen and oxygen atoms in total. The van der Waals surface area contributed by atoms with E-state index in [1.807, 2.05) is 0 Å². The Hall–Kier alpha value is -0.540. The predicted molar refractivity (Wildman–Crippen MR) is 36.5 cm³/mol. The molecule has 1 aromatic heterocycles. The molecule has 0 unspecified atom stereocenters. The fourth-order valence-corrected chi connectivity index (χ4v) is 0.495.